The molecule has 2 rings (SSSR count). The first kappa shape index (κ1) is 12.8. The van der Waals surface area contributed by atoms with E-state index in [1.165, 1.54) is 0 Å². The zero-order chi connectivity index (χ0) is 12.4. The molecule has 17 heavy (non-hydrogen) atoms. The van der Waals surface area contributed by atoms with Gasteiger partial charge in [0.25, 0.3) is 0 Å². The van der Waals surface area contributed by atoms with Gasteiger partial charge in [0, 0.05) is 5.38 Å². The topological polar surface area (TPSA) is 38.9 Å². The van der Waals surface area contributed by atoms with Gasteiger partial charge in [-0.2, -0.15) is 0 Å². The fraction of sp³-hybridized carbons (Fsp3) is 0.250. The van der Waals surface area contributed by atoms with E-state index in [1.807, 2.05) is 24.4 Å². The van der Waals surface area contributed by atoms with Crippen molar-refractivity contribution in [1.29, 1.82) is 0 Å². The molecule has 1 atom stereocenters. The summed E-state index contributed by atoms with van der Waals surface area (Å²) in [6.07, 6.45) is 0.708. The third-order valence-corrected chi connectivity index (χ3v) is 3.99. The Labute approximate surface area is 114 Å². The molecular weight excluding hydrogens is 275 g/mol. The van der Waals surface area contributed by atoms with Crippen molar-refractivity contribution < 1.29 is 0 Å². The van der Waals surface area contributed by atoms with Gasteiger partial charge in [-0.1, -0.05) is 29.3 Å². The van der Waals surface area contributed by atoms with E-state index in [-0.39, 0.29) is 6.04 Å². The maximum Gasteiger partial charge on any atom is 0.0898 e. The molecule has 1 heterocycles. The van der Waals surface area contributed by atoms with Crippen molar-refractivity contribution in [3.05, 3.63) is 49.9 Å². The Hall–Kier alpha value is -0.610. The summed E-state index contributed by atoms with van der Waals surface area (Å²) in [5.74, 6) is 0. The van der Waals surface area contributed by atoms with Crippen LogP contribution in [0.2, 0.25) is 10.0 Å². The highest BCUT2D eigenvalue weighted by Crippen LogP contribution is 2.25. The zero-order valence-corrected chi connectivity index (χ0v) is 11.6. The van der Waals surface area contributed by atoms with Crippen LogP contribution in [-0.2, 0) is 6.42 Å². The number of halogens is 2. The Morgan fingerprint density at radius 2 is 2.12 bits per heavy atom. The average molecular weight is 287 g/mol. The fourth-order valence-electron chi connectivity index (χ4n) is 1.58. The van der Waals surface area contributed by atoms with Crippen molar-refractivity contribution in [3.63, 3.8) is 0 Å². The number of benzene rings is 1. The Kier molecular flexibility index (Phi) is 4.05. The summed E-state index contributed by atoms with van der Waals surface area (Å²) < 4.78 is 0. The summed E-state index contributed by atoms with van der Waals surface area (Å²) in [6, 6.07) is 5.48. The van der Waals surface area contributed by atoms with Crippen molar-refractivity contribution in [2.24, 2.45) is 5.73 Å². The molecule has 5 heteroatoms. The van der Waals surface area contributed by atoms with Gasteiger partial charge >= 0.3 is 0 Å². The van der Waals surface area contributed by atoms with Crippen molar-refractivity contribution in [3.8, 4) is 0 Å². The van der Waals surface area contributed by atoms with Crippen molar-refractivity contribution >= 4 is 34.5 Å². The van der Waals surface area contributed by atoms with Gasteiger partial charge in [0.05, 0.1) is 26.8 Å². The van der Waals surface area contributed by atoms with Gasteiger partial charge < -0.3 is 5.73 Å². The van der Waals surface area contributed by atoms with E-state index in [9.17, 15) is 0 Å². The predicted molar refractivity (Wildman–Crippen MR) is 73.9 cm³/mol. The first-order chi connectivity index (χ1) is 8.06. The lowest BCUT2D eigenvalue weighted by Crippen LogP contribution is -2.13. The molecule has 0 saturated heterocycles. The lowest BCUT2D eigenvalue weighted by Gasteiger charge is -2.09. The minimum Gasteiger partial charge on any atom is -0.322 e. The van der Waals surface area contributed by atoms with Crippen LogP contribution < -0.4 is 5.73 Å². The Morgan fingerprint density at radius 1 is 1.35 bits per heavy atom. The first-order valence-electron chi connectivity index (χ1n) is 5.18. The third-order valence-electron chi connectivity index (χ3n) is 2.46. The summed E-state index contributed by atoms with van der Waals surface area (Å²) >= 11 is 13.4. The lowest BCUT2D eigenvalue weighted by atomic mass is 10.0. The monoisotopic (exact) mass is 286 g/mol. The van der Waals surface area contributed by atoms with Crippen molar-refractivity contribution in [1.82, 2.24) is 4.98 Å². The van der Waals surface area contributed by atoms with Gasteiger partial charge in [0.2, 0.25) is 0 Å². The molecule has 0 aliphatic heterocycles. The standard InChI is InChI=1S/C12H12Cl2N2S/c1-7-16-12(6-17-7)11(15)5-8-2-3-9(13)10(14)4-8/h2-4,6,11H,5,15H2,1H3. The molecular formula is C12H12Cl2N2S. The summed E-state index contributed by atoms with van der Waals surface area (Å²) in [5.41, 5.74) is 8.09. The molecule has 0 fully saturated rings. The average Bonchev–Trinajstić information content (AvgIpc) is 2.70. The van der Waals surface area contributed by atoms with E-state index in [1.54, 1.807) is 17.4 Å². The number of nitrogens with two attached hydrogens (primary N) is 1. The fourth-order valence-corrected chi connectivity index (χ4v) is 2.57. The molecule has 0 amide bonds. The van der Waals surface area contributed by atoms with Crippen LogP contribution in [0.1, 0.15) is 22.3 Å². The van der Waals surface area contributed by atoms with E-state index < -0.39 is 0 Å². The van der Waals surface area contributed by atoms with Crippen LogP contribution in [-0.4, -0.2) is 4.98 Å². The predicted octanol–water partition coefficient (Wildman–Crippen LogP) is 4.00. The minimum atomic E-state index is -0.0998. The molecule has 1 aromatic carbocycles. The van der Waals surface area contributed by atoms with Crippen LogP contribution in [0, 0.1) is 6.92 Å². The zero-order valence-electron chi connectivity index (χ0n) is 9.28. The minimum absolute atomic E-state index is 0.0998. The Morgan fingerprint density at radius 3 is 2.71 bits per heavy atom. The highest BCUT2D eigenvalue weighted by Gasteiger charge is 2.11. The van der Waals surface area contributed by atoms with Crippen LogP contribution in [0.25, 0.3) is 0 Å². The SMILES string of the molecule is Cc1nc(C(N)Cc2ccc(Cl)c(Cl)c2)cs1. The Bertz CT molecular complexity index is 525. The lowest BCUT2D eigenvalue weighted by molar-refractivity contribution is 0.700. The van der Waals surface area contributed by atoms with Gasteiger partial charge in [0.15, 0.2) is 0 Å². The quantitative estimate of drug-likeness (QED) is 0.926. The highest BCUT2D eigenvalue weighted by molar-refractivity contribution is 7.09. The van der Waals surface area contributed by atoms with Crippen LogP contribution in [0.5, 0.6) is 0 Å². The van der Waals surface area contributed by atoms with Gasteiger partial charge in [-0.25, -0.2) is 4.98 Å². The maximum atomic E-state index is 6.10. The highest BCUT2D eigenvalue weighted by atomic mass is 35.5. The molecule has 2 N–H and O–H groups in total. The van der Waals surface area contributed by atoms with Crippen LogP contribution in [0.4, 0.5) is 0 Å². The molecule has 0 saturated carbocycles. The smallest absolute Gasteiger partial charge is 0.0898 e. The molecule has 0 radical (unpaired) electrons. The molecule has 0 bridgehead atoms. The van der Waals surface area contributed by atoms with E-state index >= 15 is 0 Å². The van der Waals surface area contributed by atoms with Gasteiger partial charge in [-0.3, -0.25) is 0 Å². The number of hydrogen-bond acceptors (Lipinski definition) is 3. The van der Waals surface area contributed by atoms with Crippen LogP contribution in [0.3, 0.4) is 0 Å². The molecule has 90 valence electrons. The van der Waals surface area contributed by atoms with Gasteiger partial charge in [-0.15, -0.1) is 11.3 Å². The van der Waals surface area contributed by atoms with E-state index in [2.05, 4.69) is 4.98 Å². The number of thiazole rings is 1. The number of hydrogen-bond donors (Lipinski definition) is 1. The summed E-state index contributed by atoms with van der Waals surface area (Å²) in [7, 11) is 0. The van der Waals surface area contributed by atoms with E-state index in [0.717, 1.165) is 16.3 Å². The molecule has 0 spiro atoms. The van der Waals surface area contributed by atoms with Crippen molar-refractivity contribution in [2.75, 3.05) is 0 Å². The van der Waals surface area contributed by atoms with Gasteiger partial charge in [0.1, 0.15) is 0 Å². The summed E-state index contributed by atoms with van der Waals surface area (Å²) in [5, 5.41) is 4.15. The molecule has 1 unspecified atom stereocenters. The second-order valence-electron chi connectivity index (χ2n) is 3.85. The number of aryl methyl sites for hydroxylation is 1. The third kappa shape index (κ3) is 3.19. The van der Waals surface area contributed by atoms with Crippen LogP contribution >= 0.6 is 34.5 Å². The number of aromatic nitrogens is 1. The van der Waals surface area contributed by atoms with Crippen molar-refractivity contribution in [2.45, 2.75) is 19.4 Å². The summed E-state index contributed by atoms with van der Waals surface area (Å²) in [4.78, 5) is 4.38. The van der Waals surface area contributed by atoms with E-state index in [4.69, 9.17) is 28.9 Å². The second-order valence-corrected chi connectivity index (χ2v) is 5.73. The molecule has 0 aliphatic rings. The number of nitrogens with zero attached hydrogens (tertiary/aromatic N) is 1. The normalized spacial score (nSPS) is 12.7. The maximum absolute atomic E-state index is 6.10. The van der Waals surface area contributed by atoms with E-state index in [0.29, 0.717) is 16.5 Å². The Balaban J connectivity index is 2.12. The molecule has 2 nitrogen and oxygen atoms in total. The molecule has 2 aromatic rings. The largest absolute Gasteiger partial charge is 0.322 e. The van der Waals surface area contributed by atoms with Crippen LogP contribution in [0.15, 0.2) is 23.6 Å². The summed E-state index contributed by atoms with van der Waals surface area (Å²) in [6.45, 7) is 1.97. The molecule has 1 aromatic heterocycles. The van der Waals surface area contributed by atoms with Gasteiger partial charge in [-0.05, 0) is 31.0 Å². The first-order valence-corrected chi connectivity index (χ1v) is 6.81. The number of rotatable bonds is 3. The second kappa shape index (κ2) is 5.36. The molecule has 0 aliphatic carbocycles.